The van der Waals surface area contributed by atoms with Crippen LogP contribution in [0.1, 0.15) is 33.6 Å². The van der Waals surface area contributed by atoms with Crippen molar-refractivity contribution < 1.29 is 18.9 Å². The monoisotopic (exact) mass is 377 g/mol. The molecule has 0 aliphatic carbocycles. The van der Waals surface area contributed by atoms with E-state index >= 15 is 0 Å². The van der Waals surface area contributed by atoms with Gasteiger partial charge in [0.15, 0.2) is 6.67 Å². The molecule has 0 bridgehead atoms. The lowest BCUT2D eigenvalue weighted by Crippen LogP contribution is -3.16. The van der Waals surface area contributed by atoms with Gasteiger partial charge >= 0.3 is 6.03 Å². The number of carbonyl (C=O) groups is 2. The van der Waals surface area contributed by atoms with Gasteiger partial charge in [-0.1, -0.05) is 13.8 Å². The Balaban J connectivity index is 1.54. The Morgan fingerprint density at radius 1 is 1.19 bits per heavy atom. The first-order valence-electron chi connectivity index (χ1n) is 9.77. The average Bonchev–Trinajstić information content (AvgIpc) is 2.85. The number of urea groups is 1. The molecule has 0 unspecified atom stereocenters. The van der Waals surface area contributed by atoms with Crippen LogP contribution in [-0.4, -0.2) is 55.2 Å². The van der Waals surface area contributed by atoms with Crippen LogP contribution in [0.2, 0.25) is 0 Å². The zero-order valence-corrected chi connectivity index (χ0v) is 16.4. The Kier molecular flexibility index (Phi) is 5.69. The van der Waals surface area contributed by atoms with E-state index in [0.29, 0.717) is 19.0 Å². The summed E-state index contributed by atoms with van der Waals surface area (Å²) in [6.45, 7) is 9.76. The highest BCUT2D eigenvalue weighted by Gasteiger charge is 2.48. The van der Waals surface area contributed by atoms with Crippen molar-refractivity contribution in [3.63, 3.8) is 0 Å². The van der Waals surface area contributed by atoms with E-state index in [2.05, 4.69) is 24.1 Å². The van der Waals surface area contributed by atoms with E-state index in [9.17, 15) is 14.0 Å². The molecule has 2 N–H and O–H groups in total. The maximum absolute atomic E-state index is 13.1. The van der Waals surface area contributed by atoms with Gasteiger partial charge in [-0.2, -0.15) is 0 Å². The molecule has 0 saturated carbocycles. The van der Waals surface area contributed by atoms with E-state index in [0.717, 1.165) is 38.3 Å². The first kappa shape index (κ1) is 19.6. The topological polar surface area (TPSA) is 57.1 Å². The summed E-state index contributed by atoms with van der Waals surface area (Å²) in [6, 6.07) is 6.25. The number of piperazine rings is 1. The van der Waals surface area contributed by atoms with Crippen molar-refractivity contribution in [3.05, 3.63) is 30.1 Å². The number of amides is 3. The minimum absolute atomic E-state index is 0.110. The summed E-state index contributed by atoms with van der Waals surface area (Å²) < 4.78 is 13.1. The fourth-order valence-corrected chi connectivity index (χ4v) is 3.75. The molecule has 6 nitrogen and oxygen atoms in total. The van der Waals surface area contributed by atoms with Crippen LogP contribution in [0.5, 0.6) is 0 Å². The van der Waals surface area contributed by atoms with Crippen molar-refractivity contribution in [2.45, 2.75) is 39.2 Å². The number of quaternary nitrogens is 1. The van der Waals surface area contributed by atoms with Crippen LogP contribution in [0.4, 0.5) is 14.9 Å². The molecule has 0 aromatic heterocycles. The molecule has 0 spiro atoms. The van der Waals surface area contributed by atoms with Gasteiger partial charge in [-0.3, -0.25) is 4.79 Å². The summed E-state index contributed by atoms with van der Waals surface area (Å²) in [6.07, 6.45) is 1.57. The van der Waals surface area contributed by atoms with Gasteiger partial charge in [-0.15, -0.1) is 0 Å². The van der Waals surface area contributed by atoms with Gasteiger partial charge in [0.1, 0.15) is 11.4 Å². The quantitative estimate of drug-likeness (QED) is 0.734. The van der Waals surface area contributed by atoms with Crippen molar-refractivity contribution in [3.8, 4) is 0 Å². The zero-order valence-electron chi connectivity index (χ0n) is 16.4. The molecule has 1 aromatic rings. The highest BCUT2D eigenvalue weighted by Crippen LogP contribution is 2.24. The minimum Gasteiger partial charge on any atom is -0.360 e. The molecule has 148 valence electrons. The van der Waals surface area contributed by atoms with Gasteiger partial charge in [0, 0.05) is 5.69 Å². The molecular weight excluding hydrogens is 347 g/mol. The summed E-state index contributed by atoms with van der Waals surface area (Å²) in [5.41, 5.74) is 0.225. The number of hydrogen-bond acceptors (Lipinski definition) is 3. The van der Waals surface area contributed by atoms with Crippen molar-refractivity contribution in [2.24, 2.45) is 5.92 Å². The molecule has 1 aromatic carbocycles. The molecule has 0 radical (unpaired) electrons. The van der Waals surface area contributed by atoms with Crippen LogP contribution in [0.25, 0.3) is 0 Å². The highest BCUT2D eigenvalue weighted by molar-refractivity contribution is 6.06. The Bertz CT molecular complexity index is 686. The van der Waals surface area contributed by atoms with Crippen LogP contribution in [0.3, 0.4) is 0 Å². The van der Waals surface area contributed by atoms with E-state index in [4.69, 9.17) is 0 Å². The third-order valence-corrected chi connectivity index (χ3v) is 5.61. The number of hydrogen-bond donors (Lipinski definition) is 2. The Morgan fingerprint density at radius 2 is 1.81 bits per heavy atom. The smallest absolute Gasteiger partial charge is 0.329 e. The van der Waals surface area contributed by atoms with E-state index in [1.165, 1.54) is 21.9 Å². The third kappa shape index (κ3) is 4.40. The van der Waals surface area contributed by atoms with Crippen molar-refractivity contribution in [1.82, 2.24) is 10.2 Å². The SMILES string of the molecule is CC(C)CC[C@@]1(C)NC(=O)N(C[NH+]2CCN(c3ccc(F)cc3)CC2)C1=O. The van der Waals surface area contributed by atoms with Crippen molar-refractivity contribution in [1.29, 1.82) is 0 Å². The standard InChI is InChI=1S/C20H29FN4O2/c1-15(2)8-9-20(3)18(26)25(19(27)22-20)14-23-10-12-24(13-11-23)17-6-4-16(21)5-7-17/h4-7,15H,8-14H2,1-3H3,(H,22,27)/p+1/t20-/m1/s1. The molecule has 2 saturated heterocycles. The number of nitrogens with one attached hydrogen (secondary N) is 2. The van der Waals surface area contributed by atoms with Crippen LogP contribution in [-0.2, 0) is 4.79 Å². The molecule has 2 aliphatic heterocycles. The second-order valence-electron chi connectivity index (χ2n) is 8.30. The zero-order chi connectivity index (χ0) is 19.6. The van der Waals surface area contributed by atoms with Crippen LogP contribution in [0.15, 0.2) is 24.3 Å². The molecule has 2 heterocycles. The molecule has 27 heavy (non-hydrogen) atoms. The first-order valence-corrected chi connectivity index (χ1v) is 9.77. The van der Waals surface area contributed by atoms with E-state index in [-0.39, 0.29) is 17.8 Å². The second-order valence-corrected chi connectivity index (χ2v) is 8.30. The lowest BCUT2D eigenvalue weighted by molar-refractivity contribution is -0.907. The number of rotatable bonds is 6. The highest BCUT2D eigenvalue weighted by atomic mass is 19.1. The van der Waals surface area contributed by atoms with Gasteiger partial charge in [0.25, 0.3) is 5.91 Å². The molecule has 2 fully saturated rings. The summed E-state index contributed by atoms with van der Waals surface area (Å²) >= 11 is 0. The lowest BCUT2D eigenvalue weighted by atomic mass is 9.92. The summed E-state index contributed by atoms with van der Waals surface area (Å²) in [7, 11) is 0. The number of nitrogens with zero attached hydrogens (tertiary/aromatic N) is 2. The fraction of sp³-hybridized carbons (Fsp3) is 0.600. The summed E-state index contributed by atoms with van der Waals surface area (Å²) in [5.74, 6) is 0.148. The largest absolute Gasteiger partial charge is 0.360 e. The van der Waals surface area contributed by atoms with Gasteiger partial charge in [-0.05, 0) is 49.9 Å². The first-order chi connectivity index (χ1) is 12.8. The molecule has 1 atom stereocenters. The normalized spacial score (nSPS) is 24.0. The van der Waals surface area contributed by atoms with Crippen molar-refractivity contribution in [2.75, 3.05) is 37.7 Å². The molecular formula is C20H30FN4O2+. The molecule has 2 aliphatic rings. The van der Waals surface area contributed by atoms with Gasteiger partial charge < -0.3 is 15.1 Å². The average molecular weight is 377 g/mol. The number of anilines is 1. The Labute approximate surface area is 160 Å². The minimum atomic E-state index is -0.781. The summed E-state index contributed by atoms with van der Waals surface area (Å²) in [4.78, 5) is 30.0. The second kappa shape index (κ2) is 7.84. The van der Waals surface area contributed by atoms with E-state index in [1.807, 2.05) is 6.92 Å². The summed E-state index contributed by atoms with van der Waals surface area (Å²) in [5, 5.41) is 2.89. The number of carbonyl (C=O) groups excluding carboxylic acids is 2. The van der Waals surface area contributed by atoms with Crippen LogP contribution >= 0.6 is 0 Å². The number of imide groups is 1. The molecule has 3 amide bonds. The van der Waals surface area contributed by atoms with Crippen molar-refractivity contribution >= 4 is 17.6 Å². The number of halogens is 1. The van der Waals surface area contributed by atoms with Gasteiger partial charge in [0.05, 0.1) is 26.2 Å². The predicted molar refractivity (Wildman–Crippen MR) is 102 cm³/mol. The Morgan fingerprint density at radius 3 is 2.41 bits per heavy atom. The van der Waals surface area contributed by atoms with Gasteiger partial charge in [0.2, 0.25) is 0 Å². The fourth-order valence-electron chi connectivity index (χ4n) is 3.75. The van der Waals surface area contributed by atoms with E-state index in [1.54, 1.807) is 12.1 Å². The van der Waals surface area contributed by atoms with Crippen LogP contribution in [0, 0.1) is 11.7 Å². The maximum atomic E-state index is 13.1. The van der Waals surface area contributed by atoms with Crippen LogP contribution < -0.4 is 15.1 Å². The Hall–Kier alpha value is -2.15. The van der Waals surface area contributed by atoms with E-state index < -0.39 is 5.54 Å². The molecule has 3 rings (SSSR count). The predicted octanol–water partition coefficient (Wildman–Crippen LogP) is 1.23. The number of benzene rings is 1. The van der Waals surface area contributed by atoms with Gasteiger partial charge in [-0.25, -0.2) is 14.1 Å². The lowest BCUT2D eigenvalue weighted by Gasteiger charge is -2.34. The molecule has 7 heteroatoms. The maximum Gasteiger partial charge on any atom is 0.329 e. The third-order valence-electron chi connectivity index (χ3n) is 5.61.